The molecule has 0 spiro atoms. The largest absolute Gasteiger partial charge is 0.369 e. The maximum Gasteiger partial charge on any atom is 0.238 e. The fraction of sp³-hybridized carbons (Fsp3) is 0.435. The number of hydrogen-bond acceptors (Lipinski definition) is 3. The van der Waals surface area contributed by atoms with Crippen LogP contribution < -0.4 is 10.2 Å². The van der Waals surface area contributed by atoms with Crippen molar-refractivity contribution in [2.75, 3.05) is 42.9 Å². The summed E-state index contributed by atoms with van der Waals surface area (Å²) in [6, 6.07) is 12.9. The van der Waals surface area contributed by atoms with Crippen LogP contribution in [0.5, 0.6) is 0 Å². The molecule has 1 aliphatic heterocycles. The smallest absolute Gasteiger partial charge is 0.238 e. The van der Waals surface area contributed by atoms with Gasteiger partial charge in [0, 0.05) is 37.6 Å². The molecular weight excluding hydrogens is 334 g/mol. The van der Waals surface area contributed by atoms with Gasteiger partial charge >= 0.3 is 0 Å². The molecule has 4 rings (SSSR count). The van der Waals surface area contributed by atoms with Crippen LogP contribution >= 0.6 is 0 Å². The van der Waals surface area contributed by atoms with Crippen molar-refractivity contribution in [2.24, 2.45) is 0 Å². The molecule has 1 fully saturated rings. The lowest BCUT2D eigenvalue weighted by atomic mass is 10.1. The molecule has 1 saturated heterocycles. The Morgan fingerprint density at radius 1 is 1.00 bits per heavy atom. The van der Waals surface area contributed by atoms with Gasteiger partial charge in [-0.05, 0) is 73.6 Å². The van der Waals surface area contributed by atoms with Gasteiger partial charge in [0.15, 0.2) is 0 Å². The van der Waals surface area contributed by atoms with Gasteiger partial charge in [0.05, 0.1) is 6.54 Å². The Labute approximate surface area is 162 Å². The van der Waals surface area contributed by atoms with E-state index in [1.165, 1.54) is 40.8 Å². The zero-order valence-corrected chi connectivity index (χ0v) is 16.4. The number of fused-ring (bicyclic) bond motifs is 1. The van der Waals surface area contributed by atoms with Gasteiger partial charge < -0.3 is 10.2 Å². The topological polar surface area (TPSA) is 35.6 Å². The predicted octanol–water partition coefficient (Wildman–Crippen LogP) is 3.55. The van der Waals surface area contributed by atoms with Crippen molar-refractivity contribution in [1.82, 2.24) is 4.90 Å². The molecule has 0 radical (unpaired) electrons. The van der Waals surface area contributed by atoms with Crippen LogP contribution in [0.15, 0.2) is 36.4 Å². The predicted molar refractivity (Wildman–Crippen MR) is 112 cm³/mol. The van der Waals surface area contributed by atoms with E-state index >= 15 is 0 Å². The van der Waals surface area contributed by atoms with Gasteiger partial charge in [0.1, 0.15) is 0 Å². The molecule has 1 heterocycles. The minimum atomic E-state index is 0.0909. The van der Waals surface area contributed by atoms with Crippen LogP contribution in [0.1, 0.15) is 28.7 Å². The first-order valence-corrected chi connectivity index (χ1v) is 10.1. The Morgan fingerprint density at radius 2 is 1.78 bits per heavy atom. The second-order valence-corrected chi connectivity index (χ2v) is 7.87. The second-order valence-electron chi connectivity index (χ2n) is 7.87. The minimum absolute atomic E-state index is 0.0909. The second kappa shape index (κ2) is 7.73. The van der Waals surface area contributed by atoms with Crippen molar-refractivity contribution in [3.05, 3.63) is 58.7 Å². The third kappa shape index (κ3) is 4.01. The number of rotatable bonds is 4. The summed E-state index contributed by atoms with van der Waals surface area (Å²) in [5.41, 5.74) is 7.81. The summed E-state index contributed by atoms with van der Waals surface area (Å²) < 4.78 is 0. The van der Waals surface area contributed by atoms with Gasteiger partial charge in [-0.2, -0.15) is 0 Å². The molecule has 142 valence electrons. The first kappa shape index (κ1) is 18.1. The third-order valence-electron chi connectivity index (χ3n) is 6.04. The summed E-state index contributed by atoms with van der Waals surface area (Å²) in [7, 11) is 0. The quantitative estimate of drug-likeness (QED) is 0.902. The van der Waals surface area contributed by atoms with Gasteiger partial charge in [-0.25, -0.2) is 0 Å². The van der Waals surface area contributed by atoms with Crippen molar-refractivity contribution in [3.63, 3.8) is 0 Å². The molecule has 0 aromatic heterocycles. The van der Waals surface area contributed by atoms with Crippen molar-refractivity contribution in [1.29, 1.82) is 0 Å². The van der Waals surface area contributed by atoms with Crippen LogP contribution in [0.4, 0.5) is 11.4 Å². The molecule has 2 aromatic rings. The highest BCUT2D eigenvalue weighted by molar-refractivity contribution is 5.92. The SMILES string of the molecule is Cc1cccc(N2CCN(CC(=O)Nc3ccc4c(c3)CCC4)CC2)c1C. The molecule has 0 atom stereocenters. The van der Waals surface area contributed by atoms with Crippen molar-refractivity contribution >= 4 is 17.3 Å². The van der Waals surface area contributed by atoms with Crippen LogP contribution in [-0.4, -0.2) is 43.5 Å². The Balaban J connectivity index is 1.30. The first-order valence-electron chi connectivity index (χ1n) is 10.1. The van der Waals surface area contributed by atoms with Crippen LogP contribution in [0.3, 0.4) is 0 Å². The van der Waals surface area contributed by atoms with E-state index in [0.717, 1.165) is 38.3 Å². The monoisotopic (exact) mass is 363 g/mol. The normalized spacial score (nSPS) is 17.0. The van der Waals surface area contributed by atoms with E-state index in [1.54, 1.807) is 0 Å². The van der Waals surface area contributed by atoms with E-state index in [9.17, 15) is 4.79 Å². The van der Waals surface area contributed by atoms with Crippen molar-refractivity contribution in [3.8, 4) is 0 Å². The first-order chi connectivity index (χ1) is 13.1. The molecule has 27 heavy (non-hydrogen) atoms. The van der Waals surface area contributed by atoms with Crippen LogP contribution in [-0.2, 0) is 17.6 Å². The van der Waals surface area contributed by atoms with E-state index in [0.29, 0.717) is 6.54 Å². The highest BCUT2D eigenvalue weighted by Crippen LogP contribution is 2.25. The molecule has 0 saturated carbocycles. The van der Waals surface area contributed by atoms with Gasteiger partial charge in [0.25, 0.3) is 0 Å². The number of nitrogens with one attached hydrogen (secondary N) is 1. The number of carbonyl (C=O) groups is 1. The van der Waals surface area contributed by atoms with Crippen molar-refractivity contribution < 1.29 is 4.79 Å². The molecule has 2 aromatic carbocycles. The van der Waals surface area contributed by atoms with E-state index in [2.05, 4.69) is 59.3 Å². The Kier molecular flexibility index (Phi) is 5.17. The van der Waals surface area contributed by atoms with E-state index < -0.39 is 0 Å². The fourth-order valence-corrected chi connectivity index (χ4v) is 4.28. The van der Waals surface area contributed by atoms with E-state index in [-0.39, 0.29) is 5.91 Å². The Hall–Kier alpha value is -2.33. The molecule has 4 heteroatoms. The van der Waals surface area contributed by atoms with Crippen LogP contribution in [0.25, 0.3) is 0 Å². The zero-order valence-electron chi connectivity index (χ0n) is 16.4. The molecule has 0 unspecified atom stereocenters. The molecule has 1 N–H and O–H groups in total. The summed E-state index contributed by atoms with van der Waals surface area (Å²) in [5.74, 6) is 0.0909. The summed E-state index contributed by atoms with van der Waals surface area (Å²) in [6.07, 6.45) is 3.55. The molecule has 1 amide bonds. The van der Waals surface area contributed by atoms with E-state index in [4.69, 9.17) is 0 Å². The number of carbonyl (C=O) groups excluding carboxylic acids is 1. The van der Waals surface area contributed by atoms with Crippen LogP contribution in [0.2, 0.25) is 0 Å². The van der Waals surface area contributed by atoms with Gasteiger partial charge in [-0.15, -0.1) is 0 Å². The number of piperazine rings is 1. The average Bonchev–Trinajstić information content (AvgIpc) is 3.12. The third-order valence-corrected chi connectivity index (χ3v) is 6.04. The summed E-state index contributed by atoms with van der Waals surface area (Å²) in [4.78, 5) is 17.2. The number of amides is 1. The number of nitrogens with zero attached hydrogens (tertiary/aromatic N) is 2. The van der Waals surface area contributed by atoms with Gasteiger partial charge in [-0.3, -0.25) is 9.69 Å². The fourth-order valence-electron chi connectivity index (χ4n) is 4.28. The molecular formula is C23H29N3O. The summed E-state index contributed by atoms with van der Waals surface area (Å²) in [6.45, 7) is 8.61. The maximum atomic E-state index is 12.5. The average molecular weight is 364 g/mol. The standard InChI is InChI=1S/C23H29N3O/c1-17-5-3-8-22(18(17)2)26-13-11-25(12-14-26)16-23(27)24-21-10-9-19-6-4-7-20(19)15-21/h3,5,8-10,15H,4,6-7,11-14,16H2,1-2H3,(H,24,27). The Morgan fingerprint density at radius 3 is 2.59 bits per heavy atom. The van der Waals surface area contributed by atoms with Gasteiger partial charge in [0.2, 0.25) is 5.91 Å². The lowest BCUT2D eigenvalue weighted by Crippen LogP contribution is -2.48. The molecule has 1 aliphatic carbocycles. The maximum absolute atomic E-state index is 12.5. The zero-order chi connectivity index (χ0) is 18.8. The number of benzene rings is 2. The summed E-state index contributed by atoms with van der Waals surface area (Å²) in [5, 5.41) is 3.08. The van der Waals surface area contributed by atoms with Crippen LogP contribution in [0, 0.1) is 13.8 Å². The summed E-state index contributed by atoms with van der Waals surface area (Å²) >= 11 is 0. The van der Waals surface area contributed by atoms with E-state index in [1.807, 2.05) is 6.07 Å². The Bertz CT molecular complexity index is 838. The lowest BCUT2D eigenvalue weighted by Gasteiger charge is -2.36. The minimum Gasteiger partial charge on any atom is -0.369 e. The number of anilines is 2. The lowest BCUT2D eigenvalue weighted by molar-refractivity contribution is -0.117. The highest BCUT2D eigenvalue weighted by Gasteiger charge is 2.21. The van der Waals surface area contributed by atoms with Gasteiger partial charge in [-0.1, -0.05) is 18.2 Å². The highest BCUT2D eigenvalue weighted by atomic mass is 16.2. The molecule has 2 aliphatic rings. The number of aryl methyl sites for hydroxylation is 3. The molecule has 0 bridgehead atoms. The molecule has 4 nitrogen and oxygen atoms in total. The van der Waals surface area contributed by atoms with Crippen molar-refractivity contribution in [2.45, 2.75) is 33.1 Å². The number of hydrogen-bond donors (Lipinski definition) is 1.